The number of aliphatic hydroxyl groups excluding tert-OH is 1. The molecule has 2 aromatic carbocycles. The molecule has 106 valence electrons. The van der Waals surface area contributed by atoms with Crippen LogP contribution in [0.25, 0.3) is 0 Å². The topological polar surface area (TPSA) is 29.5 Å². The van der Waals surface area contributed by atoms with Gasteiger partial charge in [0.1, 0.15) is 17.7 Å². The molecule has 1 N–H and O–H groups in total. The first-order valence-corrected chi connectivity index (χ1v) is 6.77. The summed E-state index contributed by atoms with van der Waals surface area (Å²) in [7, 11) is 0. The van der Waals surface area contributed by atoms with Crippen molar-refractivity contribution < 1.29 is 14.2 Å². The Morgan fingerprint density at radius 1 is 1.25 bits per heavy atom. The predicted molar refractivity (Wildman–Crippen MR) is 77.8 cm³/mol. The van der Waals surface area contributed by atoms with Gasteiger partial charge in [-0.25, -0.2) is 4.39 Å². The highest BCUT2D eigenvalue weighted by Crippen LogP contribution is 2.32. The minimum atomic E-state index is -0.908. The summed E-state index contributed by atoms with van der Waals surface area (Å²) in [4.78, 5) is 0. The summed E-state index contributed by atoms with van der Waals surface area (Å²) in [6.07, 6.45) is -0.908. The molecule has 1 atom stereocenters. The van der Waals surface area contributed by atoms with Gasteiger partial charge in [0.2, 0.25) is 0 Å². The van der Waals surface area contributed by atoms with Gasteiger partial charge in [-0.2, -0.15) is 0 Å². The Hall–Kier alpha value is -1.58. The van der Waals surface area contributed by atoms with Crippen LogP contribution in [0.5, 0.6) is 5.75 Å². The van der Waals surface area contributed by atoms with Crippen LogP contribution < -0.4 is 4.74 Å². The van der Waals surface area contributed by atoms with Gasteiger partial charge < -0.3 is 9.84 Å². The first-order chi connectivity index (χ1) is 9.52. The molecule has 0 spiro atoms. The smallest absolute Gasteiger partial charge is 0.141 e. The third kappa shape index (κ3) is 3.11. The summed E-state index contributed by atoms with van der Waals surface area (Å²) in [6, 6.07) is 9.79. The first-order valence-electron chi connectivity index (χ1n) is 6.39. The summed E-state index contributed by atoms with van der Waals surface area (Å²) in [5.74, 6) is 0.114. The Morgan fingerprint density at radius 2 is 2.00 bits per heavy atom. The molecule has 2 nitrogen and oxygen atoms in total. The molecule has 0 amide bonds. The zero-order chi connectivity index (χ0) is 14.7. The molecule has 0 aromatic heterocycles. The van der Waals surface area contributed by atoms with Crippen molar-refractivity contribution in [3.05, 3.63) is 63.9 Å². The summed E-state index contributed by atoms with van der Waals surface area (Å²) in [5, 5.41) is 10.5. The number of rotatable bonds is 4. The quantitative estimate of drug-likeness (QED) is 0.912. The van der Waals surface area contributed by atoms with Crippen LogP contribution in [-0.2, 0) is 0 Å². The standard InChI is InChI=1S/C16H16ClFO2/c1-3-20-15-7-4-10(2)8-12(15)16(19)11-5-6-14(18)13(17)9-11/h4-9,16,19H,3H2,1-2H3. The van der Waals surface area contributed by atoms with Crippen molar-refractivity contribution in [2.75, 3.05) is 6.61 Å². The lowest BCUT2D eigenvalue weighted by molar-refractivity contribution is 0.212. The van der Waals surface area contributed by atoms with E-state index in [2.05, 4.69) is 0 Å². The molecule has 1 unspecified atom stereocenters. The molecule has 2 rings (SSSR count). The highest BCUT2D eigenvalue weighted by molar-refractivity contribution is 6.30. The van der Waals surface area contributed by atoms with E-state index in [9.17, 15) is 9.50 Å². The maximum absolute atomic E-state index is 13.2. The second kappa shape index (κ2) is 6.25. The minimum Gasteiger partial charge on any atom is -0.493 e. The Kier molecular flexibility index (Phi) is 4.63. The molecule has 0 fully saturated rings. The third-order valence-electron chi connectivity index (χ3n) is 3.02. The molecule has 0 heterocycles. The largest absolute Gasteiger partial charge is 0.493 e. The van der Waals surface area contributed by atoms with Gasteiger partial charge in [-0.3, -0.25) is 0 Å². The van der Waals surface area contributed by atoms with E-state index in [0.29, 0.717) is 23.5 Å². The Labute approximate surface area is 122 Å². The van der Waals surface area contributed by atoms with Gasteiger partial charge in [-0.15, -0.1) is 0 Å². The lowest BCUT2D eigenvalue weighted by Gasteiger charge is -2.17. The van der Waals surface area contributed by atoms with Gasteiger partial charge >= 0.3 is 0 Å². The highest BCUT2D eigenvalue weighted by atomic mass is 35.5. The van der Waals surface area contributed by atoms with Crippen molar-refractivity contribution in [2.24, 2.45) is 0 Å². The van der Waals surface area contributed by atoms with E-state index in [1.165, 1.54) is 18.2 Å². The number of hydrogen-bond donors (Lipinski definition) is 1. The van der Waals surface area contributed by atoms with Crippen LogP contribution in [0.4, 0.5) is 4.39 Å². The molecule has 0 aliphatic heterocycles. The molecule has 20 heavy (non-hydrogen) atoms. The molecule has 4 heteroatoms. The Bertz CT molecular complexity index is 613. The average molecular weight is 295 g/mol. The van der Waals surface area contributed by atoms with Gasteiger partial charge in [0.15, 0.2) is 0 Å². The molecule has 0 aliphatic rings. The number of aliphatic hydroxyl groups is 1. The van der Waals surface area contributed by atoms with Crippen molar-refractivity contribution in [1.82, 2.24) is 0 Å². The van der Waals surface area contributed by atoms with E-state index in [0.717, 1.165) is 5.56 Å². The van der Waals surface area contributed by atoms with Crippen LogP contribution in [0.2, 0.25) is 5.02 Å². The van der Waals surface area contributed by atoms with Gasteiger partial charge in [0.25, 0.3) is 0 Å². The normalized spacial score (nSPS) is 12.2. The van der Waals surface area contributed by atoms with Gasteiger partial charge in [0.05, 0.1) is 11.6 Å². The van der Waals surface area contributed by atoms with E-state index in [1.54, 1.807) is 0 Å². The Morgan fingerprint density at radius 3 is 2.65 bits per heavy atom. The fourth-order valence-corrected chi connectivity index (χ4v) is 2.22. The van der Waals surface area contributed by atoms with E-state index in [1.807, 2.05) is 32.0 Å². The monoisotopic (exact) mass is 294 g/mol. The van der Waals surface area contributed by atoms with Gasteiger partial charge in [-0.1, -0.05) is 29.3 Å². The van der Waals surface area contributed by atoms with E-state index >= 15 is 0 Å². The number of benzene rings is 2. The summed E-state index contributed by atoms with van der Waals surface area (Å²) >= 11 is 5.76. The van der Waals surface area contributed by atoms with Crippen LogP contribution in [0, 0.1) is 12.7 Å². The second-order valence-corrected chi connectivity index (χ2v) is 4.96. The fourth-order valence-electron chi connectivity index (χ4n) is 2.03. The number of hydrogen-bond acceptors (Lipinski definition) is 2. The zero-order valence-corrected chi connectivity index (χ0v) is 12.1. The van der Waals surface area contributed by atoms with Crippen LogP contribution >= 0.6 is 11.6 Å². The zero-order valence-electron chi connectivity index (χ0n) is 11.4. The molecule has 0 bridgehead atoms. The highest BCUT2D eigenvalue weighted by Gasteiger charge is 2.17. The van der Waals surface area contributed by atoms with Crippen molar-refractivity contribution in [3.63, 3.8) is 0 Å². The number of aryl methyl sites for hydroxylation is 1. The fraction of sp³-hybridized carbons (Fsp3) is 0.250. The van der Waals surface area contributed by atoms with Crippen molar-refractivity contribution in [1.29, 1.82) is 0 Å². The SMILES string of the molecule is CCOc1ccc(C)cc1C(O)c1ccc(F)c(Cl)c1. The van der Waals surface area contributed by atoms with Gasteiger partial charge in [0, 0.05) is 5.56 Å². The molecule has 0 saturated carbocycles. The molecule has 0 saturated heterocycles. The van der Waals surface area contributed by atoms with Crippen LogP contribution in [0.3, 0.4) is 0 Å². The van der Waals surface area contributed by atoms with E-state index in [4.69, 9.17) is 16.3 Å². The van der Waals surface area contributed by atoms with Crippen molar-refractivity contribution >= 4 is 11.6 Å². The molecule has 0 radical (unpaired) electrons. The first kappa shape index (κ1) is 14.8. The summed E-state index contributed by atoms with van der Waals surface area (Å²) in [6.45, 7) is 4.32. The molecule has 2 aromatic rings. The summed E-state index contributed by atoms with van der Waals surface area (Å²) < 4.78 is 18.7. The van der Waals surface area contributed by atoms with E-state index < -0.39 is 11.9 Å². The number of halogens is 2. The maximum atomic E-state index is 13.2. The lowest BCUT2D eigenvalue weighted by Crippen LogP contribution is -2.05. The molecule has 0 aliphatic carbocycles. The average Bonchev–Trinajstić information content (AvgIpc) is 2.43. The van der Waals surface area contributed by atoms with Crippen LogP contribution in [-0.4, -0.2) is 11.7 Å². The maximum Gasteiger partial charge on any atom is 0.141 e. The Balaban J connectivity index is 2.43. The van der Waals surface area contributed by atoms with Crippen LogP contribution in [0.1, 0.15) is 29.7 Å². The van der Waals surface area contributed by atoms with Crippen molar-refractivity contribution in [3.8, 4) is 5.75 Å². The molecular weight excluding hydrogens is 279 g/mol. The minimum absolute atomic E-state index is 0.00726. The third-order valence-corrected chi connectivity index (χ3v) is 3.31. The van der Waals surface area contributed by atoms with Gasteiger partial charge in [-0.05, 0) is 43.7 Å². The molecular formula is C16H16ClFO2. The lowest BCUT2D eigenvalue weighted by atomic mass is 9.99. The summed E-state index contributed by atoms with van der Waals surface area (Å²) in [5.41, 5.74) is 2.19. The van der Waals surface area contributed by atoms with Crippen LogP contribution in [0.15, 0.2) is 36.4 Å². The van der Waals surface area contributed by atoms with E-state index in [-0.39, 0.29) is 5.02 Å². The van der Waals surface area contributed by atoms with Crippen molar-refractivity contribution in [2.45, 2.75) is 20.0 Å². The number of ether oxygens (including phenoxy) is 1. The second-order valence-electron chi connectivity index (χ2n) is 4.55. The predicted octanol–water partition coefficient (Wildman–Crippen LogP) is 4.27.